The van der Waals surface area contributed by atoms with E-state index in [-0.39, 0.29) is 25.7 Å². The molecule has 0 amide bonds. The zero-order chi connectivity index (χ0) is 73.7. The van der Waals surface area contributed by atoms with Crippen molar-refractivity contribution in [3.05, 3.63) is 0 Å². The van der Waals surface area contributed by atoms with E-state index in [0.29, 0.717) is 31.6 Å². The second kappa shape index (κ2) is 71.3. The summed E-state index contributed by atoms with van der Waals surface area (Å²) in [5.74, 6) is 0.176. The van der Waals surface area contributed by atoms with E-state index in [4.69, 9.17) is 37.0 Å². The van der Waals surface area contributed by atoms with Gasteiger partial charge < -0.3 is 33.8 Å². The minimum Gasteiger partial charge on any atom is -0.462 e. The van der Waals surface area contributed by atoms with Crippen molar-refractivity contribution < 1.29 is 80.2 Å². The average Bonchev–Trinajstić information content (AvgIpc) is 1.01. The predicted molar refractivity (Wildman–Crippen MR) is 409 cm³/mol. The van der Waals surface area contributed by atoms with Gasteiger partial charge in [-0.15, -0.1) is 0 Å². The fraction of sp³-hybridized carbons (Fsp3) is 0.951. The van der Waals surface area contributed by atoms with Crippen molar-refractivity contribution in [2.24, 2.45) is 17.8 Å². The van der Waals surface area contributed by atoms with Gasteiger partial charge >= 0.3 is 39.5 Å². The topological polar surface area (TPSA) is 237 Å². The van der Waals surface area contributed by atoms with Gasteiger partial charge in [0.2, 0.25) is 0 Å². The number of hydrogen-bond donors (Lipinski definition) is 3. The van der Waals surface area contributed by atoms with Crippen LogP contribution in [0.3, 0.4) is 0 Å². The highest BCUT2D eigenvalue weighted by atomic mass is 31.2. The molecule has 0 bridgehead atoms. The summed E-state index contributed by atoms with van der Waals surface area (Å²) in [6.45, 7) is 11.9. The number of aliphatic hydroxyl groups excluding tert-OH is 1. The Morgan fingerprint density at radius 1 is 0.270 bits per heavy atom. The predicted octanol–water partition coefficient (Wildman–Crippen LogP) is 24.1. The van der Waals surface area contributed by atoms with Crippen molar-refractivity contribution >= 4 is 39.5 Å². The first-order valence-electron chi connectivity index (χ1n) is 41.8. The number of unbranched alkanes of at least 4 members (excludes halogenated alkanes) is 47. The molecule has 0 aromatic carbocycles. The highest BCUT2D eigenvalue weighted by molar-refractivity contribution is 7.47. The lowest BCUT2D eigenvalue weighted by molar-refractivity contribution is -0.161. The molecule has 0 aromatic rings. The third kappa shape index (κ3) is 74.3. The largest absolute Gasteiger partial charge is 0.472 e. The van der Waals surface area contributed by atoms with Crippen LogP contribution in [0.15, 0.2) is 0 Å². The molecule has 0 heterocycles. The molecule has 0 aliphatic heterocycles. The molecule has 19 heteroatoms. The van der Waals surface area contributed by atoms with Crippen LogP contribution in [0.1, 0.15) is 421 Å². The number of esters is 4. The van der Waals surface area contributed by atoms with Crippen LogP contribution in [0.4, 0.5) is 0 Å². The number of phosphoric ester groups is 2. The summed E-state index contributed by atoms with van der Waals surface area (Å²) < 4.78 is 68.7. The standard InChI is InChI=1S/C81H158O17P2/c1-8-9-10-11-12-13-14-15-16-17-18-24-29-34-41-48-55-62-78(83)91-68-76(97-80(85)64-57-50-42-35-30-25-20-19-22-27-32-38-45-52-59-72(2)3)70-95-99(87,88)93-66-75(82)67-94-100(89,90)96-71-77(69-92-79(84)63-56-49-44-37-40-47-54-61-74(6)7)98-81(86)65-58-51-43-36-31-26-21-23-28-33-39-46-53-60-73(4)5/h72-77,82H,8-71H2,1-7H3,(H,87,88)(H,89,90)/t75-,76-,77-/m1/s1. The number of hydrogen-bond acceptors (Lipinski definition) is 15. The van der Waals surface area contributed by atoms with E-state index < -0.39 is 97.5 Å². The number of carbonyl (C=O) groups excluding carboxylic acids is 4. The number of ether oxygens (including phenoxy) is 4. The lowest BCUT2D eigenvalue weighted by Gasteiger charge is -2.21. The maximum absolute atomic E-state index is 13.1. The molecule has 0 rings (SSSR count). The zero-order valence-corrected chi connectivity index (χ0v) is 67.5. The molecule has 0 saturated heterocycles. The van der Waals surface area contributed by atoms with Crippen molar-refractivity contribution in [2.75, 3.05) is 39.6 Å². The number of carbonyl (C=O) groups is 4. The van der Waals surface area contributed by atoms with Crippen LogP contribution >= 0.6 is 15.6 Å². The molecular weight excluding hydrogens is 1310 g/mol. The second-order valence-corrected chi connectivity index (χ2v) is 33.5. The molecule has 0 aromatic heterocycles. The molecule has 0 aliphatic carbocycles. The minimum atomic E-state index is -4.96. The van der Waals surface area contributed by atoms with Gasteiger partial charge in [0, 0.05) is 25.7 Å². The molecule has 100 heavy (non-hydrogen) atoms. The normalized spacial score (nSPS) is 14.0. The maximum Gasteiger partial charge on any atom is 0.472 e. The Balaban J connectivity index is 5.25. The lowest BCUT2D eigenvalue weighted by atomic mass is 10.0. The quantitative estimate of drug-likeness (QED) is 0.0222. The second-order valence-electron chi connectivity index (χ2n) is 30.6. The van der Waals surface area contributed by atoms with E-state index in [2.05, 4.69) is 48.5 Å². The molecule has 0 saturated carbocycles. The number of aliphatic hydroxyl groups is 1. The molecule has 0 spiro atoms. The van der Waals surface area contributed by atoms with Gasteiger partial charge in [-0.05, 0) is 43.4 Å². The minimum absolute atomic E-state index is 0.106. The van der Waals surface area contributed by atoms with Crippen molar-refractivity contribution in [3.63, 3.8) is 0 Å². The smallest absolute Gasteiger partial charge is 0.462 e. The van der Waals surface area contributed by atoms with Crippen LogP contribution in [-0.2, 0) is 65.4 Å². The van der Waals surface area contributed by atoms with Crippen molar-refractivity contribution in [3.8, 4) is 0 Å². The van der Waals surface area contributed by atoms with E-state index in [0.717, 1.165) is 108 Å². The molecule has 17 nitrogen and oxygen atoms in total. The van der Waals surface area contributed by atoms with Gasteiger partial charge in [0.15, 0.2) is 12.2 Å². The van der Waals surface area contributed by atoms with Crippen LogP contribution < -0.4 is 0 Å². The fourth-order valence-corrected chi connectivity index (χ4v) is 14.1. The van der Waals surface area contributed by atoms with Gasteiger partial charge in [-0.1, -0.05) is 370 Å². The van der Waals surface area contributed by atoms with Crippen LogP contribution in [0.5, 0.6) is 0 Å². The summed E-state index contributed by atoms with van der Waals surface area (Å²) in [5.41, 5.74) is 0. The van der Waals surface area contributed by atoms with E-state index in [1.54, 1.807) is 0 Å². The lowest BCUT2D eigenvalue weighted by Crippen LogP contribution is -2.30. The monoisotopic (exact) mass is 1470 g/mol. The summed E-state index contributed by atoms with van der Waals surface area (Å²) in [7, 11) is -9.92. The van der Waals surface area contributed by atoms with Crippen molar-refractivity contribution in [2.45, 2.75) is 439 Å². The summed E-state index contributed by atoms with van der Waals surface area (Å²) in [4.78, 5) is 73.0. The Kier molecular flexibility index (Phi) is 69.9. The van der Waals surface area contributed by atoms with Gasteiger partial charge in [0.25, 0.3) is 0 Å². The molecule has 2 unspecified atom stereocenters. The molecule has 0 fully saturated rings. The van der Waals surface area contributed by atoms with Crippen LogP contribution in [-0.4, -0.2) is 96.7 Å². The molecule has 3 N–H and O–H groups in total. The Bertz CT molecular complexity index is 1940. The maximum atomic E-state index is 13.1. The van der Waals surface area contributed by atoms with E-state index in [9.17, 15) is 43.2 Å². The first kappa shape index (κ1) is 98.1. The van der Waals surface area contributed by atoms with Crippen LogP contribution in [0.25, 0.3) is 0 Å². The molecule has 5 atom stereocenters. The van der Waals surface area contributed by atoms with Gasteiger partial charge in [-0.25, -0.2) is 9.13 Å². The van der Waals surface area contributed by atoms with Crippen molar-refractivity contribution in [1.29, 1.82) is 0 Å². The van der Waals surface area contributed by atoms with Crippen molar-refractivity contribution in [1.82, 2.24) is 0 Å². The van der Waals surface area contributed by atoms with Gasteiger partial charge in [0.05, 0.1) is 26.4 Å². The Morgan fingerprint density at radius 3 is 0.680 bits per heavy atom. The Labute approximate surface area is 613 Å². The number of rotatable bonds is 79. The van der Waals surface area contributed by atoms with E-state index in [1.807, 2.05) is 0 Å². The first-order chi connectivity index (χ1) is 48.2. The van der Waals surface area contributed by atoms with Gasteiger partial charge in [0.1, 0.15) is 19.3 Å². The summed E-state index contributed by atoms with van der Waals surface area (Å²) in [6, 6.07) is 0. The van der Waals surface area contributed by atoms with E-state index >= 15 is 0 Å². The van der Waals surface area contributed by atoms with Gasteiger partial charge in [-0.3, -0.25) is 37.3 Å². The first-order valence-corrected chi connectivity index (χ1v) is 44.8. The van der Waals surface area contributed by atoms with Crippen LogP contribution in [0, 0.1) is 17.8 Å². The molecule has 0 aliphatic rings. The SMILES string of the molecule is CCCCCCCCCCCCCCCCCCCC(=O)OC[C@H](COP(=O)(O)OC[C@@H](O)COP(=O)(O)OC[C@@H](COC(=O)CCCCCCCCCC(C)C)OC(=O)CCCCCCCCCCCCCCCC(C)C)OC(=O)CCCCCCCCCCCCCCCCC(C)C. The van der Waals surface area contributed by atoms with E-state index in [1.165, 1.54) is 225 Å². The third-order valence-corrected chi connectivity index (χ3v) is 20.8. The third-order valence-electron chi connectivity index (χ3n) is 18.9. The Morgan fingerprint density at radius 2 is 0.460 bits per heavy atom. The van der Waals surface area contributed by atoms with Gasteiger partial charge in [-0.2, -0.15) is 0 Å². The van der Waals surface area contributed by atoms with Crippen LogP contribution in [0.2, 0.25) is 0 Å². The molecular formula is C81H158O17P2. The summed E-state index contributed by atoms with van der Waals surface area (Å²) in [6.07, 6.45) is 59.7. The molecule has 594 valence electrons. The summed E-state index contributed by atoms with van der Waals surface area (Å²) >= 11 is 0. The number of phosphoric acid groups is 2. The average molecular weight is 1470 g/mol. The zero-order valence-electron chi connectivity index (χ0n) is 65.7. The fourth-order valence-electron chi connectivity index (χ4n) is 12.5. The highest BCUT2D eigenvalue weighted by Gasteiger charge is 2.30. The summed E-state index contributed by atoms with van der Waals surface area (Å²) in [5, 5.41) is 10.6. The highest BCUT2D eigenvalue weighted by Crippen LogP contribution is 2.45. The Hall–Kier alpha value is -1.94. The molecule has 0 radical (unpaired) electrons.